The largest absolute Gasteiger partial charge is 0.493 e. The minimum Gasteiger partial charge on any atom is -0.493 e. The van der Waals surface area contributed by atoms with Crippen molar-refractivity contribution in [2.75, 3.05) is 24.9 Å². The number of aliphatic hydroxyl groups is 1. The van der Waals surface area contributed by atoms with Gasteiger partial charge in [-0.2, -0.15) is 4.98 Å². The Bertz CT molecular complexity index is 1770. The van der Waals surface area contributed by atoms with Crippen molar-refractivity contribution in [2.45, 2.75) is 31.1 Å². The van der Waals surface area contributed by atoms with Crippen molar-refractivity contribution in [3.63, 3.8) is 0 Å². The van der Waals surface area contributed by atoms with Gasteiger partial charge in [-0.3, -0.25) is 4.72 Å². The topological polar surface area (TPSA) is 146 Å². The summed E-state index contributed by atoms with van der Waals surface area (Å²) in [6, 6.07) is 12.8. The zero-order valence-corrected chi connectivity index (χ0v) is 22.0. The molecule has 0 unspecified atom stereocenters. The van der Waals surface area contributed by atoms with E-state index >= 15 is 0 Å². The van der Waals surface area contributed by atoms with E-state index < -0.39 is 47.7 Å². The van der Waals surface area contributed by atoms with Crippen molar-refractivity contribution in [3.05, 3.63) is 72.6 Å². The predicted octanol–water partition coefficient (Wildman–Crippen LogP) is 4.20. The Balaban J connectivity index is 1.97. The number of sulfonamides is 1. The number of hydrogen-bond acceptors (Lipinski definition) is 10. The molecule has 11 nitrogen and oxygen atoms in total. The van der Waals surface area contributed by atoms with E-state index in [2.05, 4.69) is 25.0 Å². The Kier molecular flexibility index (Phi) is 5.88. The Labute approximate surface area is 236 Å². The molecule has 0 atom stereocenters. The maximum atomic E-state index is 13.8. The number of ether oxygens (including phenoxy) is 3. The number of benzene rings is 2. The summed E-state index contributed by atoms with van der Waals surface area (Å²) in [5.74, 6) is -3.40. The number of aromatic nitrogens is 4. The molecule has 2 heterocycles. The second-order valence-electron chi connectivity index (χ2n) is 8.96. The number of rotatable bonds is 11. The number of nitrogens with zero attached hydrogens (tertiary/aromatic N) is 4. The van der Waals surface area contributed by atoms with E-state index in [0.29, 0.717) is 0 Å². The zero-order valence-electron chi connectivity index (χ0n) is 28.2. The summed E-state index contributed by atoms with van der Waals surface area (Å²) < 4.78 is 98.7. The van der Waals surface area contributed by atoms with Crippen LogP contribution in [-0.4, -0.2) is 55.1 Å². The van der Waals surface area contributed by atoms with Crippen LogP contribution in [-0.2, 0) is 15.4 Å². The molecule has 0 aliphatic rings. The van der Waals surface area contributed by atoms with Crippen molar-refractivity contribution in [1.82, 2.24) is 19.9 Å². The molecule has 4 rings (SSSR count). The van der Waals surface area contributed by atoms with Gasteiger partial charge in [0.25, 0.3) is 15.9 Å². The maximum Gasteiger partial charge on any atom is 0.263 e. The molecule has 0 bridgehead atoms. The highest BCUT2D eigenvalue weighted by molar-refractivity contribution is 7.92. The molecule has 204 valence electrons. The van der Waals surface area contributed by atoms with Crippen LogP contribution >= 0.6 is 0 Å². The summed E-state index contributed by atoms with van der Waals surface area (Å²) in [6.07, 6.45) is 2.69. The minimum atomic E-state index is -4.71. The highest BCUT2D eigenvalue weighted by atomic mass is 32.2. The molecule has 0 saturated heterocycles. The first kappa shape index (κ1) is 19.7. The maximum absolute atomic E-state index is 13.8. The lowest BCUT2D eigenvalue weighted by Gasteiger charge is -2.20. The number of methoxy groups -OCH3 is 1. The average Bonchev–Trinajstić information content (AvgIpc) is 2.97. The zero-order chi connectivity index (χ0) is 33.9. The van der Waals surface area contributed by atoms with E-state index in [9.17, 15) is 8.42 Å². The molecule has 0 aliphatic carbocycles. The van der Waals surface area contributed by atoms with Crippen molar-refractivity contribution >= 4 is 15.8 Å². The second kappa shape index (κ2) is 11.6. The van der Waals surface area contributed by atoms with E-state index in [1.807, 2.05) is 20.8 Å². The van der Waals surface area contributed by atoms with Crippen LogP contribution in [0.1, 0.15) is 33.2 Å². The number of anilines is 1. The Morgan fingerprint density at radius 1 is 1.03 bits per heavy atom. The molecule has 0 fully saturated rings. The predicted molar refractivity (Wildman–Crippen MR) is 145 cm³/mol. The second-order valence-corrected chi connectivity index (χ2v) is 10.6. The van der Waals surface area contributed by atoms with Gasteiger partial charge < -0.3 is 19.3 Å². The standard InChI is InChI=1S/C27H29N5O6S/c1-27(2,3)18-10-12-19(13-11-18)39(34,35)32-23-22(38-21-9-6-5-8-20(21)36-4)26(37-17-16-33)31-25(30-23)24-28-14-7-15-29-24/h5-15,33H,16-17H2,1-4H3,(H,30,31,32)/i4D3,17D2,33D/hD. The molecule has 0 spiro atoms. The molecule has 0 radical (unpaired) electrons. The highest BCUT2D eigenvalue weighted by Gasteiger charge is 2.26. The van der Waals surface area contributed by atoms with Gasteiger partial charge in [0, 0.05) is 12.4 Å². The third-order valence-corrected chi connectivity index (χ3v) is 6.49. The Morgan fingerprint density at radius 3 is 2.41 bits per heavy atom. The van der Waals surface area contributed by atoms with Gasteiger partial charge in [0.05, 0.1) is 25.4 Å². The summed E-state index contributed by atoms with van der Waals surface area (Å²) in [5.41, 5.74) is 0.539. The van der Waals surface area contributed by atoms with Crippen molar-refractivity contribution in [2.24, 2.45) is 0 Å². The van der Waals surface area contributed by atoms with Gasteiger partial charge in [-0.05, 0) is 41.3 Å². The molecule has 12 heteroatoms. The van der Waals surface area contributed by atoms with Crippen LogP contribution in [0.2, 0.25) is 1.41 Å². The van der Waals surface area contributed by atoms with Gasteiger partial charge >= 0.3 is 0 Å². The van der Waals surface area contributed by atoms with Crippen LogP contribution in [0, 0.1) is 0 Å². The molecule has 0 aliphatic heterocycles. The van der Waals surface area contributed by atoms with Gasteiger partial charge in [-0.25, -0.2) is 23.4 Å². The molecule has 2 N–H and O–H groups in total. The first-order valence-corrected chi connectivity index (χ1v) is 12.9. The smallest absolute Gasteiger partial charge is 0.263 e. The molecule has 2 aromatic carbocycles. The first-order valence-electron chi connectivity index (χ1n) is 14.8. The van der Waals surface area contributed by atoms with Gasteiger partial charge in [-0.1, -0.05) is 45.0 Å². The molecular formula is C27H29N5O6S. The van der Waals surface area contributed by atoms with Crippen LogP contribution in [0.4, 0.5) is 5.82 Å². The lowest BCUT2D eigenvalue weighted by atomic mass is 9.87. The summed E-state index contributed by atoms with van der Waals surface area (Å²) in [6.45, 7) is 2.17. The molecule has 2 aromatic heterocycles. The average molecular weight is 559 g/mol. The monoisotopic (exact) mass is 558 g/mol. The van der Waals surface area contributed by atoms with Crippen LogP contribution in [0.15, 0.2) is 71.9 Å². The number of hydrogen-bond donors (Lipinski definition) is 2. The van der Waals surface area contributed by atoms with Crippen LogP contribution in [0.3, 0.4) is 0 Å². The highest BCUT2D eigenvalue weighted by Crippen LogP contribution is 2.41. The summed E-state index contributed by atoms with van der Waals surface area (Å²) in [5, 5.41) is 4.16. The van der Waals surface area contributed by atoms with Crippen LogP contribution in [0.25, 0.3) is 11.6 Å². The van der Waals surface area contributed by atoms with Crippen molar-refractivity contribution in [3.8, 4) is 34.8 Å². The van der Waals surface area contributed by atoms with Crippen LogP contribution in [0.5, 0.6) is 23.1 Å². The van der Waals surface area contributed by atoms with Crippen molar-refractivity contribution in [1.29, 1.82) is 1.43 Å². The van der Waals surface area contributed by atoms with Gasteiger partial charge in [-0.15, -0.1) is 0 Å². The fraction of sp³-hybridized carbons (Fsp3) is 0.259. The normalized spacial score (nSPS) is 14.9. The van der Waals surface area contributed by atoms with E-state index in [0.717, 1.165) is 5.56 Å². The van der Waals surface area contributed by atoms with Crippen molar-refractivity contribution < 1.29 is 36.0 Å². The van der Waals surface area contributed by atoms with Gasteiger partial charge in [0.15, 0.2) is 24.6 Å². The lowest BCUT2D eigenvalue weighted by Crippen LogP contribution is -2.17. The fourth-order valence-electron chi connectivity index (χ4n) is 3.27. The molecule has 4 aromatic rings. The fourth-order valence-corrected chi connectivity index (χ4v) is 4.21. The quantitative estimate of drug-likeness (QED) is 0.275. The molecular weight excluding hydrogens is 522 g/mol. The van der Waals surface area contributed by atoms with Gasteiger partial charge in [0.1, 0.15) is 6.56 Å². The third-order valence-electron chi connectivity index (χ3n) is 5.21. The molecule has 39 heavy (non-hydrogen) atoms. The van der Waals surface area contributed by atoms with E-state index in [-0.39, 0.29) is 38.2 Å². The minimum absolute atomic E-state index is 0.0270. The summed E-state index contributed by atoms with van der Waals surface area (Å²) >= 11 is 0. The van der Waals surface area contributed by atoms with E-state index in [1.165, 1.54) is 54.9 Å². The first-order chi connectivity index (χ1) is 21.4. The lowest BCUT2D eigenvalue weighted by molar-refractivity contribution is 0.192. The summed E-state index contributed by atoms with van der Waals surface area (Å²) in [4.78, 5) is 16.2. The van der Waals surface area contributed by atoms with Gasteiger partial charge in [0.2, 0.25) is 13.0 Å². The number of nitrogens with one attached hydrogen (secondary N) is 1. The molecule has 0 amide bonds. The van der Waals surface area contributed by atoms with E-state index in [1.54, 1.807) is 12.1 Å². The molecule has 0 saturated carbocycles. The SMILES string of the molecule is [2H]OCC([2H])([2H])Oc1nc(-c2ncccn2)nc(N([2H])S(=O)(=O)c2ccc(C(C)(C)C)cc2)c1Oc1ccccc1OC([2H])([2H])[2H]. The Morgan fingerprint density at radius 2 is 1.74 bits per heavy atom. The van der Waals surface area contributed by atoms with E-state index in [4.69, 9.17) is 23.9 Å². The summed E-state index contributed by atoms with van der Waals surface area (Å²) in [7, 11) is -7.63. The number of aliphatic hydroxyl groups excluding tert-OH is 1. The Hall–Kier alpha value is -4.29. The van der Waals surface area contributed by atoms with Crippen LogP contribution < -0.4 is 18.9 Å². The number of para-hydroxylation sites is 2. The third kappa shape index (κ3) is 6.59.